The molecule has 2 unspecified atom stereocenters. The van der Waals surface area contributed by atoms with Crippen molar-refractivity contribution in [2.75, 3.05) is 0 Å². The van der Waals surface area contributed by atoms with Gasteiger partial charge in [-0.1, -0.05) is 31.2 Å². The smallest absolute Gasteiger partial charge is 0.287 e. The molecule has 1 amide bonds. The molecule has 2 aromatic rings. The highest BCUT2D eigenvalue weighted by Gasteiger charge is 2.32. The molecule has 3 nitrogen and oxygen atoms in total. The SMILES string of the molecule is CCc1ccc(C(=O)NC2c3ccccc3CC2Cl)o1. The van der Waals surface area contributed by atoms with Gasteiger partial charge in [0.1, 0.15) is 5.76 Å². The number of furan rings is 1. The van der Waals surface area contributed by atoms with Crippen LogP contribution < -0.4 is 5.32 Å². The van der Waals surface area contributed by atoms with Crippen LogP contribution in [0.5, 0.6) is 0 Å². The molecule has 1 aromatic carbocycles. The van der Waals surface area contributed by atoms with Gasteiger partial charge >= 0.3 is 0 Å². The Morgan fingerprint density at radius 2 is 2.15 bits per heavy atom. The Labute approximate surface area is 122 Å². The first-order valence-corrected chi connectivity index (χ1v) is 7.24. The molecular formula is C16H16ClNO2. The van der Waals surface area contributed by atoms with E-state index < -0.39 is 0 Å². The molecule has 1 aliphatic rings. The number of rotatable bonds is 3. The van der Waals surface area contributed by atoms with Gasteiger partial charge in [-0.15, -0.1) is 11.6 Å². The van der Waals surface area contributed by atoms with Crippen LogP contribution in [0.3, 0.4) is 0 Å². The Balaban J connectivity index is 1.79. The molecule has 0 bridgehead atoms. The summed E-state index contributed by atoms with van der Waals surface area (Å²) in [5, 5.41) is 2.86. The van der Waals surface area contributed by atoms with E-state index in [1.807, 2.05) is 31.2 Å². The van der Waals surface area contributed by atoms with Gasteiger partial charge in [0.25, 0.3) is 5.91 Å². The maximum atomic E-state index is 12.2. The van der Waals surface area contributed by atoms with Crippen molar-refractivity contribution in [2.24, 2.45) is 0 Å². The number of amides is 1. The van der Waals surface area contributed by atoms with Gasteiger partial charge in [-0.05, 0) is 29.7 Å². The molecule has 0 fully saturated rings. The Morgan fingerprint density at radius 1 is 1.35 bits per heavy atom. The van der Waals surface area contributed by atoms with Gasteiger partial charge in [-0.2, -0.15) is 0 Å². The van der Waals surface area contributed by atoms with Gasteiger partial charge in [0.2, 0.25) is 0 Å². The van der Waals surface area contributed by atoms with Crippen molar-refractivity contribution < 1.29 is 9.21 Å². The minimum Gasteiger partial charge on any atom is -0.456 e. The molecule has 2 atom stereocenters. The molecule has 4 heteroatoms. The van der Waals surface area contributed by atoms with Crippen LogP contribution in [0.4, 0.5) is 0 Å². The monoisotopic (exact) mass is 289 g/mol. The topological polar surface area (TPSA) is 42.2 Å². The predicted octanol–water partition coefficient (Wildman–Crippen LogP) is 3.48. The minimum absolute atomic E-state index is 0.114. The summed E-state index contributed by atoms with van der Waals surface area (Å²) in [4.78, 5) is 12.2. The molecule has 0 saturated heterocycles. The van der Waals surface area contributed by atoms with Gasteiger partial charge in [-0.25, -0.2) is 0 Å². The zero-order chi connectivity index (χ0) is 14.1. The van der Waals surface area contributed by atoms with E-state index in [9.17, 15) is 4.79 Å². The van der Waals surface area contributed by atoms with E-state index in [-0.39, 0.29) is 17.3 Å². The number of benzene rings is 1. The Bertz CT molecular complexity index is 635. The van der Waals surface area contributed by atoms with Crippen LogP contribution in [0.25, 0.3) is 0 Å². The summed E-state index contributed by atoms with van der Waals surface area (Å²) < 4.78 is 5.47. The second kappa shape index (κ2) is 5.33. The largest absolute Gasteiger partial charge is 0.456 e. The Kier molecular flexibility index (Phi) is 3.53. The Morgan fingerprint density at radius 3 is 2.90 bits per heavy atom. The number of aryl methyl sites for hydroxylation is 1. The van der Waals surface area contributed by atoms with E-state index in [1.54, 1.807) is 6.07 Å². The second-order valence-corrected chi connectivity index (χ2v) is 5.55. The van der Waals surface area contributed by atoms with Gasteiger partial charge in [0.15, 0.2) is 5.76 Å². The lowest BCUT2D eigenvalue weighted by Crippen LogP contribution is -2.31. The fourth-order valence-corrected chi connectivity index (χ4v) is 2.98. The minimum atomic E-state index is -0.211. The van der Waals surface area contributed by atoms with E-state index in [0.717, 1.165) is 24.2 Å². The summed E-state index contributed by atoms with van der Waals surface area (Å²) in [6.45, 7) is 1.99. The summed E-state index contributed by atoms with van der Waals surface area (Å²) in [5.74, 6) is 0.941. The summed E-state index contributed by atoms with van der Waals surface area (Å²) in [5.41, 5.74) is 2.30. The van der Waals surface area contributed by atoms with E-state index in [4.69, 9.17) is 16.0 Å². The molecule has 0 saturated carbocycles. The quantitative estimate of drug-likeness (QED) is 0.879. The number of halogens is 1. The normalized spacial score (nSPS) is 20.7. The lowest BCUT2D eigenvalue weighted by molar-refractivity contribution is 0.0907. The van der Waals surface area contributed by atoms with Crippen LogP contribution in [0.15, 0.2) is 40.8 Å². The third-order valence-electron chi connectivity index (χ3n) is 3.69. The predicted molar refractivity (Wildman–Crippen MR) is 78.1 cm³/mol. The fraction of sp³-hybridized carbons (Fsp3) is 0.312. The highest BCUT2D eigenvalue weighted by Crippen LogP contribution is 2.34. The fourth-order valence-electron chi connectivity index (χ4n) is 2.62. The number of fused-ring (bicyclic) bond motifs is 1. The van der Waals surface area contributed by atoms with Gasteiger partial charge in [0, 0.05) is 6.42 Å². The molecule has 1 heterocycles. The highest BCUT2D eigenvalue weighted by molar-refractivity contribution is 6.21. The van der Waals surface area contributed by atoms with Crippen molar-refractivity contribution in [1.82, 2.24) is 5.32 Å². The average Bonchev–Trinajstić information content (AvgIpc) is 3.04. The summed E-state index contributed by atoms with van der Waals surface area (Å²) in [6.07, 6.45) is 1.55. The van der Waals surface area contributed by atoms with Crippen LogP contribution in [-0.4, -0.2) is 11.3 Å². The maximum absolute atomic E-state index is 12.2. The van der Waals surface area contributed by atoms with Crippen LogP contribution in [0.1, 0.15) is 40.4 Å². The number of hydrogen-bond donors (Lipinski definition) is 1. The van der Waals surface area contributed by atoms with Crippen molar-refractivity contribution in [2.45, 2.75) is 31.2 Å². The standard InChI is InChI=1S/C16H16ClNO2/c1-2-11-7-8-14(20-11)16(19)18-15-12-6-4-3-5-10(12)9-13(15)17/h3-8,13,15H,2,9H2,1H3,(H,18,19). The summed E-state index contributed by atoms with van der Waals surface area (Å²) >= 11 is 6.36. The third-order valence-corrected chi connectivity index (χ3v) is 4.09. The molecule has 0 spiro atoms. The Hall–Kier alpha value is -1.74. The highest BCUT2D eigenvalue weighted by atomic mass is 35.5. The van der Waals surface area contributed by atoms with Gasteiger partial charge in [-0.3, -0.25) is 4.79 Å². The van der Waals surface area contributed by atoms with Crippen molar-refractivity contribution in [3.63, 3.8) is 0 Å². The molecule has 1 N–H and O–H groups in total. The number of carbonyl (C=O) groups excluding carboxylic acids is 1. The van der Waals surface area contributed by atoms with Crippen molar-refractivity contribution in [1.29, 1.82) is 0 Å². The van der Waals surface area contributed by atoms with Gasteiger partial charge < -0.3 is 9.73 Å². The molecular weight excluding hydrogens is 274 g/mol. The zero-order valence-corrected chi connectivity index (χ0v) is 12.0. The van der Waals surface area contributed by atoms with E-state index >= 15 is 0 Å². The molecule has 0 radical (unpaired) electrons. The first kappa shape index (κ1) is 13.3. The van der Waals surface area contributed by atoms with E-state index in [2.05, 4.69) is 11.4 Å². The lowest BCUT2D eigenvalue weighted by atomic mass is 10.1. The number of hydrogen-bond acceptors (Lipinski definition) is 2. The number of alkyl halides is 1. The van der Waals surface area contributed by atoms with Crippen LogP contribution in [0.2, 0.25) is 0 Å². The maximum Gasteiger partial charge on any atom is 0.287 e. The second-order valence-electron chi connectivity index (χ2n) is 4.99. The van der Waals surface area contributed by atoms with Crippen LogP contribution in [0, 0.1) is 0 Å². The third kappa shape index (κ3) is 2.34. The van der Waals surface area contributed by atoms with E-state index in [0.29, 0.717) is 5.76 Å². The van der Waals surface area contributed by atoms with Crippen LogP contribution >= 0.6 is 11.6 Å². The molecule has 1 aliphatic carbocycles. The molecule has 1 aromatic heterocycles. The first-order valence-electron chi connectivity index (χ1n) is 6.80. The molecule has 0 aliphatic heterocycles. The van der Waals surface area contributed by atoms with Crippen LogP contribution in [-0.2, 0) is 12.8 Å². The summed E-state index contributed by atoms with van der Waals surface area (Å²) in [6, 6.07) is 11.4. The molecule has 20 heavy (non-hydrogen) atoms. The van der Waals surface area contributed by atoms with E-state index in [1.165, 1.54) is 5.56 Å². The first-order chi connectivity index (χ1) is 9.69. The van der Waals surface area contributed by atoms with Crippen molar-refractivity contribution >= 4 is 17.5 Å². The molecule has 3 rings (SSSR count). The lowest BCUT2D eigenvalue weighted by Gasteiger charge is -2.16. The van der Waals surface area contributed by atoms with Gasteiger partial charge in [0.05, 0.1) is 11.4 Å². The number of carbonyl (C=O) groups is 1. The zero-order valence-electron chi connectivity index (χ0n) is 11.2. The summed E-state index contributed by atoms with van der Waals surface area (Å²) in [7, 11) is 0. The molecule has 104 valence electrons. The number of nitrogens with one attached hydrogen (secondary N) is 1. The van der Waals surface area contributed by atoms with Crippen molar-refractivity contribution in [3.8, 4) is 0 Å². The van der Waals surface area contributed by atoms with Crippen molar-refractivity contribution in [3.05, 3.63) is 59.0 Å². The average molecular weight is 290 g/mol.